The molecule has 0 spiro atoms. The lowest BCUT2D eigenvalue weighted by molar-refractivity contribution is 0.00676. The third-order valence-corrected chi connectivity index (χ3v) is 2.11. The van der Waals surface area contributed by atoms with E-state index < -0.39 is 23.1 Å². The number of nitrogens with one attached hydrogen (secondary N) is 1. The molecular weight excluding hydrogens is 234 g/mol. The molecule has 0 aliphatic rings. The molecular formula is C13H19NO4. The molecule has 0 aliphatic heterocycles. The van der Waals surface area contributed by atoms with Crippen LogP contribution in [0.3, 0.4) is 0 Å². The van der Waals surface area contributed by atoms with Gasteiger partial charge in [0.2, 0.25) is 0 Å². The average molecular weight is 253 g/mol. The molecule has 1 unspecified atom stereocenters. The number of hydrogen-bond acceptors (Lipinski definition) is 4. The van der Waals surface area contributed by atoms with Crippen LogP contribution in [0.25, 0.3) is 0 Å². The first-order valence-electron chi connectivity index (χ1n) is 5.82. The van der Waals surface area contributed by atoms with Crippen LogP contribution in [0.1, 0.15) is 43.7 Å². The number of aromatic nitrogens is 1. The Hall–Kier alpha value is -1.62. The molecule has 0 radical (unpaired) electrons. The standard InChI is InChI=1S/C13H19NO4/c1-8(15)5-9-6-11(16)10(7-14-9)12(17)18-13(2,3)4/h6-8,15H,5H2,1-4H3,(H,14,16). The molecule has 1 heterocycles. The molecule has 0 saturated carbocycles. The minimum absolute atomic E-state index is 0.0285. The maximum Gasteiger partial charge on any atom is 0.344 e. The van der Waals surface area contributed by atoms with Gasteiger partial charge < -0.3 is 14.8 Å². The Morgan fingerprint density at radius 3 is 2.56 bits per heavy atom. The van der Waals surface area contributed by atoms with E-state index in [-0.39, 0.29) is 5.56 Å². The van der Waals surface area contributed by atoms with Crippen molar-refractivity contribution in [1.29, 1.82) is 0 Å². The number of aliphatic hydroxyl groups excluding tert-OH is 1. The van der Waals surface area contributed by atoms with Crippen LogP contribution >= 0.6 is 0 Å². The summed E-state index contributed by atoms with van der Waals surface area (Å²) < 4.78 is 5.12. The fraction of sp³-hybridized carbons (Fsp3) is 0.538. The van der Waals surface area contributed by atoms with Gasteiger partial charge in [0.15, 0.2) is 5.43 Å². The molecule has 0 fully saturated rings. The third kappa shape index (κ3) is 4.33. The molecule has 1 atom stereocenters. The van der Waals surface area contributed by atoms with Crippen LogP contribution in [0.4, 0.5) is 0 Å². The second-order valence-corrected chi connectivity index (χ2v) is 5.29. The van der Waals surface area contributed by atoms with E-state index in [1.807, 2.05) is 0 Å². The summed E-state index contributed by atoms with van der Waals surface area (Å²) in [6, 6.07) is 1.31. The van der Waals surface area contributed by atoms with Gasteiger partial charge in [-0.3, -0.25) is 4.79 Å². The zero-order chi connectivity index (χ0) is 13.9. The van der Waals surface area contributed by atoms with Gasteiger partial charge in [0.25, 0.3) is 0 Å². The van der Waals surface area contributed by atoms with Crippen molar-refractivity contribution in [2.75, 3.05) is 0 Å². The Morgan fingerprint density at radius 2 is 2.11 bits per heavy atom. The van der Waals surface area contributed by atoms with Gasteiger partial charge in [-0.2, -0.15) is 0 Å². The molecule has 5 nitrogen and oxygen atoms in total. The Bertz CT molecular complexity index is 482. The average Bonchev–Trinajstić information content (AvgIpc) is 2.13. The number of ether oxygens (including phenoxy) is 1. The van der Waals surface area contributed by atoms with Crippen molar-refractivity contribution in [3.05, 3.63) is 33.7 Å². The lowest BCUT2D eigenvalue weighted by Crippen LogP contribution is -2.27. The highest BCUT2D eigenvalue weighted by Crippen LogP contribution is 2.10. The maximum absolute atomic E-state index is 11.7. The molecule has 0 amide bonds. The number of rotatable bonds is 3. The van der Waals surface area contributed by atoms with E-state index >= 15 is 0 Å². The lowest BCUT2D eigenvalue weighted by Gasteiger charge is -2.19. The molecule has 1 aromatic heterocycles. The van der Waals surface area contributed by atoms with Crippen molar-refractivity contribution in [3.63, 3.8) is 0 Å². The summed E-state index contributed by atoms with van der Waals surface area (Å²) in [5, 5.41) is 9.21. The van der Waals surface area contributed by atoms with E-state index in [9.17, 15) is 14.7 Å². The number of pyridine rings is 1. The summed E-state index contributed by atoms with van der Waals surface area (Å²) >= 11 is 0. The Labute approximate surface area is 106 Å². The Morgan fingerprint density at radius 1 is 1.50 bits per heavy atom. The first-order chi connectivity index (χ1) is 8.19. The highest BCUT2D eigenvalue weighted by atomic mass is 16.6. The summed E-state index contributed by atoms with van der Waals surface area (Å²) in [5.41, 5.74) is -0.484. The molecule has 5 heteroatoms. The van der Waals surface area contributed by atoms with Crippen molar-refractivity contribution < 1.29 is 14.6 Å². The number of aromatic amines is 1. The molecule has 100 valence electrons. The summed E-state index contributed by atoms with van der Waals surface area (Å²) in [6.07, 6.45) is 1.12. The number of esters is 1. The van der Waals surface area contributed by atoms with Gasteiger partial charge in [-0.05, 0) is 27.7 Å². The lowest BCUT2D eigenvalue weighted by atomic mass is 10.1. The Kier molecular flexibility index (Phi) is 4.29. The summed E-state index contributed by atoms with van der Waals surface area (Å²) in [7, 11) is 0. The van der Waals surface area contributed by atoms with Gasteiger partial charge in [0, 0.05) is 24.4 Å². The van der Waals surface area contributed by atoms with E-state index in [0.717, 1.165) is 0 Å². The third-order valence-electron chi connectivity index (χ3n) is 2.11. The summed E-state index contributed by atoms with van der Waals surface area (Å²) in [6.45, 7) is 6.84. The van der Waals surface area contributed by atoms with E-state index in [1.165, 1.54) is 12.3 Å². The predicted octanol–water partition coefficient (Wildman–Crippen LogP) is 1.25. The minimum Gasteiger partial charge on any atom is -0.456 e. The fourth-order valence-corrected chi connectivity index (χ4v) is 1.44. The predicted molar refractivity (Wildman–Crippen MR) is 67.6 cm³/mol. The van der Waals surface area contributed by atoms with Gasteiger partial charge in [0.05, 0.1) is 6.10 Å². The number of aliphatic hydroxyl groups is 1. The molecule has 0 bridgehead atoms. The second-order valence-electron chi connectivity index (χ2n) is 5.29. The maximum atomic E-state index is 11.7. The second kappa shape index (κ2) is 5.35. The van der Waals surface area contributed by atoms with Crippen LogP contribution in [0.5, 0.6) is 0 Å². The number of hydrogen-bond donors (Lipinski definition) is 2. The van der Waals surface area contributed by atoms with Crippen molar-refractivity contribution in [2.45, 2.75) is 45.8 Å². The first-order valence-corrected chi connectivity index (χ1v) is 5.82. The van der Waals surface area contributed by atoms with Crippen LogP contribution in [0.2, 0.25) is 0 Å². The molecule has 1 aromatic rings. The smallest absolute Gasteiger partial charge is 0.344 e. The van der Waals surface area contributed by atoms with E-state index in [0.29, 0.717) is 12.1 Å². The quantitative estimate of drug-likeness (QED) is 0.795. The summed E-state index contributed by atoms with van der Waals surface area (Å²) in [4.78, 5) is 26.3. The molecule has 0 aromatic carbocycles. The minimum atomic E-state index is -0.646. The molecule has 1 rings (SSSR count). The molecule has 2 N–H and O–H groups in total. The number of carbonyl (C=O) groups is 1. The van der Waals surface area contributed by atoms with Gasteiger partial charge >= 0.3 is 5.97 Å². The SMILES string of the molecule is CC(O)Cc1cc(=O)c(C(=O)OC(C)(C)C)c[nH]1. The van der Waals surface area contributed by atoms with E-state index in [4.69, 9.17) is 4.74 Å². The summed E-state index contributed by atoms with van der Waals surface area (Å²) in [5.74, 6) is -0.646. The molecule has 0 saturated heterocycles. The van der Waals surface area contributed by atoms with Crippen molar-refractivity contribution in [3.8, 4) is 0 Å². The van der Waals surface area contributed by atoms with Crippen LogP contribution in [-0.2, 0) is 11.2 Å². The Balaban J connectivity index is 2.92. The van der Waals surface area contributed by atoms with Gasteiger partial charge in [0.1, 0.15) is 11.2 Å². The van der Waals surface area contributed by atoms with Gasteiger partial charge in [-0.25, -0.2) is 4.79 Å². The van der Waals surface area contributed by atoms with Crippen molar-refractivity contribution >= 4 is 5.97 Å². The molecule has 0 aliphatic carbocycles. The van der Waals surface area contributed by atoms with Crippen LogP contribution < -0.4 is 5.43 Å². The van der Waals surface area contributed by atoms with E-state index in [1.54, 1.807) is 27.7 Å². The monoisotopic (exact) mass is 253 g/mol. The van der Waals surface area contributed by atoms with Gasteiger partial charge in [-0.15, -0.1) is 0 Å². The number of carbonyl (C=O) groups excluding carboxylic acids is 1. The van der Waals surface area contributed by atoms with Crippen molar-refractivity contribution in [2.24, 2.45) is 0 Å². The van der Waals surface area contributed by atoms with Crippen molar-refractivity contribution in [1.82, 2.24) is 4.98 Å². The first kappa shape index (κ1) is 14.4. The fourth-order valence-electron chi connectivity index (χ4n) is 1.44. The normalized spacial score (nSPS) is 13.2. The highest BCUT2D eigenvalue weighted by Gasteiger charge is 2.20. The zero-order valence-electron chi connectivity index (χ0n) is 11.1. The largest absolute Gasteiger partial charge is 0.456 e. The molecule has 18 heavy (non-hydrogen) atoms. The van der Waals surface area contributed by atoms with Crippen LogP contribution in [0, 0.1) is 0 Å². The van der Waals surface area contributed by atoms with Crippen LogP contribution in [-0.4, -0.2) is 27.8 Å². The van der Waals surface area contributed by atoms with E-state index in [2.05, 4.69) is 4.98 Å². The van der Waals surface area contributed by atoms with Gasteiger partial charge in [-0.1, -0.05) is 0 Å². The zero-order valence-corrected chi connectivity index (χ0v) is 11.1. The topological polar surface area (TPSA) is 79.4 Å². The highest BCUT2D eigenvalue weighted by molar-refractivity contribution is 5.89. The van der Waals surface area contributed by atoms with Crippen LogP contribution in [0.15, 0.2) is 17.1 Å². The number of H-pyrrole nitrogens is 1.